The van der Waals surface area contributed by atoms with Crippen molar-refractivity contribution < 1.29 is 13.2 Å². The molecule has 0 aromatic heterocycles. The lowest BCUT2D eigenvalue weighted by molar-refractivity contribution is -0.114. The molecule has 0 radical (unpaired) electrons. The van der Waals surface area contributed by atoms with Crippen LogP contribution in [0.4, 0.5) is 5.69 Å². The predicted molar refractivity (Wildman–Crippen MR) is 104 cm³/mol. The smallest absolute Gasteiger partial charge is 0.241 e. The fourth-order valence-electron chi connectivity index (χ4n) is 2.70. The van der Waals surface area contributed by atoms with Gasteiger partial charge >= 0.3 is 0 Å². The maximum Gasteiger partial charge on any atom is 0.241 e. The van der Waals surface area contributed by atoms with Gasteiger partial charge in [-0.25, -0.2) is 13.1 Å². The van der Waals surface area contributed by atoms with E-state index < -0.39 is 10.0 Å². The number of benzene rings is 2. The molecule has 0 aliphatic carbocycles. The second-order valence-electron chi connectivity index (χ2n) is 6.89. The summed E-state index contributed by atoms with van der Waals surface area (Å²) in [4.78, 5) is 11.2. The molecule has 2 aromatic carbocycles. The van der Waals surface area contributed by atoms with Crippen LogP contribution >= 0.6 is 0 Å². The monoisotopic (exact) mass is 374 g/mol. The number of carbonyl (C=O) groups is 1. The van der Waals surface area contributed by atoms with E-state index in [0.29, 0.717) is 11.6 Å². The van der Waals surface area contributed by atoms with E-state index in [-0.39, 0.29) is 16.8 Å². The zero-order chi connectivity index (χ0) is 19.3. The van der Waals surface area contributed by atoms with Gasteiger partial charge in [-0.2, -0.15) is 0 Å². The minimum Gasteiger partial charge on any atom is -0.326 e. The molecule has 0 spiro atoms. The van der Waals surface area contributed by atoms with Crippen LogP contribution in [0.1, 0.15) is 44.9 Å². The van der Waals surface area contributed by atoms with E-state index in [1.807, 2.05) is 31.2 Å². The lowest BCUT2D eigenvalue weighted by atomic mass is 10.0. The van der Waals surface area contributed by atoms with Crippen molar-refractivity contribution in [2.45, 2.75) is 45.1 Å². The molecule has 6 heteroatoms. The van der Waals surface area contributed by atoms with Gasteiger partial charge in [0.05, 0.1) is 4.90 Å². The molecule has 1 amide bonds. The first-order valence-electron chi connectivity index (χ1n) is 8.66. The van der Waals surface area contributed by atoms with Crippen molar-refractivity contribution in [3.8, 4) is 0 Å². The normalized spacial score (nSPS) is 12.8. The average Bonchev–Trinajstić information content (AvgIpc) is 2.54. The largest absolute Gasteiger partial charge is 0.326 e. The molecule has 26 heavy (non-hydrogen) atoms. The minimum atomic E-state index is -3.64. The maximum atomic E-state index is 12.6. The molecule has 0 heterocycles. The Bertz CT molecular complexity index is 842. The van der Waals surface area contributed by atoms with Crippen LogP contribution in [-0.2, 0) is 21.2 Å². The standard InChI is InChI=1S/C20H26N2O3S/c1-14(2)13-17-5-7-18(8-6-17)15(3)22-26(24,25)20-11-9-19(10-12-20)21-16(4)23/h5-12,14-15,22H,13H2,1-4H3,(H,21,23)/t15-/m0/s1. The van der Waals surface area contributed by atoms with Crippen molar-refractivity contribution in [3.05, 3.63) is 59.7 Å². The number of anilines is 1. The first kappa shape index (κ1) is 20.1. The van der Waals surface area contributed by atoms with Gasteiger partial charge in [-0.05, 0) is 54.7 Å². The molecular weight excluding hydrogens is 348 g/mol. The summed E-state index contributed by atoms with van der Waals surface area (Å²) >= 11 is 0. The van der Waals surface area contributed by atoms with E-state index in [9.17, 15) is 13.2 Å². The zero-order valence-electron chi connectivity index (χ0n) is 15.6. The Morgan fingerprint density at radius 2 is 1.54 bits per heavy atom. The summed E-state index contributed by atoms with van der Waals surface area (Å²) in [6.07, 6.45) is 1.00. The number of sulfonamides is 1. The van der Waals surface area contributed by atoms with Crippen molar-refractivity contribution in [1.82, 2.24) is 4.72 Å². The molecule has 0 fully saturated rings. The number of hydrogen-bond donors (Lipinski definition) is 2. The molecule has 0 bridgehead atoms. The van der Waals surface area contributed by atoms with Crippen LogP contribution in [0.3, 0.4) is 0 Å². The Morgan fingerprint density at radius 1 is 0.962 bits per heavy atom. The van der Waals surface area contributed by atoms with Gasteiger partial charge in [-0.3, -0.25) is 4.79 Å². The Balaban J connectivity index is 2.09. The fraction of sp³-hybridized carbons (Fsp3) is 0.350. The average molecular weight is 375 g/mol. The highest BCUT2D eigenvalue weighted by atomic mass is 32.2. The van der Waals surface area contributed by atoms with Crippen molar-refractivity contribution in [1.29, 1.82) is 0 Å². The first-order valence-corrected chi connectivity index (χ1v) is 10.1. The summed E-state index contributed by atoms with van der Waals surface area (Å²) in [5, 5.41) is 2.61. The summed E-state index contributed by atoms with van der Waals surface area (Å²) in [5.41, 5.74) is 2.72. The Labute approximate surface area is 155 Å². The van der Waals surface area contributed by atoms with E-state index in [4.69, 9.17) is 0 Å². The molecule has 1 atom stereocenters. The van der Waals surface area contributed by atoms with E-state index >= 15 is 0 Å². The first-order chi connectivity index (χ1) is 12.2. The third kappa shape index (κ3) is 5.68. The third-order valence-electron chi connectivity index (χ3n) is 3.94. The molecule has 5 nitrogen and oxygen atoms in total. The van der Waals surface area contributed by atoms with E-state index in [1.165, 1.54) is 24.6 Å². The van der Waals surface area contributed by atoms with Gasteiger partial charge in [0, 0.05) is 18.7 Å². The summed E-state index contributed by atoms with van der Waals surface area (Å²) < 4.78 is 27.8. The molecule has 0 aliphatic rings. The van der Waals surface area contributed by atoms with Gasteiger partial charge in [0.1, 0.15) is 0 Å². The lowest BCUT2D eigenvalue weighted by Gasteiger charge is -2.16. The van der Waals surface area contributed by atoms with Gasteiger partial charge in [0.25, 0.3) is 0 Å². The second-order valence-corrected chi connectivity index (χ2v) is 8.60. The van der Waals surface area contributed by atoms with E-state index in [1.54, 1.807) is 12.1 Å². The highest BCUT2D eigenvalue weighted by molar-refractivity contribution is 7.89. The summed E-state index contributed by atoms with van der Waals surface area (Å²) in [6, 6.07) is 13.8. The molecule has 2 N–H and O–H groups in total. The number of carbonyl (C=O) groups excluding carboxylic acids is 1. The highest BCUT2D eigenvalue weighted by Crippen LogP contribution is 2.20. The van der Waals surface area contributed by atoms with Gasteiger partial charge in [-0.1, -0.05) is 38.1 Å². The SMILES string of the molecule is CC(=O)Nc1ccc(S(=O)(=O)N[C@@H](C)c2ccc(CC(C)C)cc2)cc1. The summed E-state index contributed by atoms with van der Waals surface area (Å²) in [7, 11) is -3.64. The van der Waals surface area contributed by atoms with Crippen LogP contribution in [0.5, 0.6) is 0 Å². The van der Waals surface area contributed by atoms with Crippen LogP contribution < -0.4 is 10.0 Å². The number of nitrogens with one attached hydrogen (secondary N) is 2. The van der Waals surface area contributed by atoms with Crippen LogP contribution in [-0.4, -0.2) is 14.3 Å². The fourth-order valence-corrected chi connectivity index (χ4v) is 3.94. The van der Waals surface area contributed by atoms with E-state index in [0.717, 1.165) is 12.0 Å². The summed E-state index contributed by atoms with van der Waals surface area (Å²) in [6.45, 7) is 7.56. The van der Waals surface area contributed by atoms with E-state index in [2.05, 4.69) is 23.9 Å². The Kier molecular flexibility index (Phi) is 6.56. The molecular formula is C20H26N2O3S. The number of rotatable bonds is 7. The van der Waals surface area contributed by atoms with Crippen LogP contribution in [0.25, 0.3) is 0 Å². The second kappa shape index (κ2) is 8.47. The highest BCUT2D eigenvalue weighted by Gasteiger charge is 2.18. The summed E-state index contributed by atoms with van der Waals surface area (Å²) in [5.74, 6) is 0.380. The van der Waals surface area contributed by atoms with Crippen molar-refractivity contribution in [2.75, 3.05) is 5.32 Å². The quantitative estimate of drug-likeness (QED) is 0.772. The predicted octanol–water partition coefficient (Wildman–Crippen LogP) is 3.88. The van der Waals surface area contributed by atoms with Crippen molar-refractivity contribution in [3.63, 3.8) is 0 Å². The zero-order valence-corrected chi connectivity index (χ0v) is 16.4. The molecule has 2 aromatic rings. The van der Waals surface area contributed by atoms with Gasteiger partial charge < -0.3 is 5.32 Å². The van der Waals surface area contributed by atoms with Crippen LogP contribution in [0, 0.1) is 5.92 Å². The molecule has 0 saturated carbocycles. The molecule has 140 valence electrons. The molecule has 0 unspecified atom stereocenters. The Morgan fingerprint density at radius 3 is 2.04 bits per heavy atom. The maximum absolute atomic E-state index is 12.6. The van der Waals surface area contributed by atoms with Crippen LogP contribution in [0.2, 0.25) is 0 Å². The topological polar surface area (TPSA) is 75.3 Å². The molecule has 0 saturated heterocycles. The van der Waals surface area contributed by atoms with Crippen molar-refractivity contribution >= 4 is 21.6 Å². The molecule has 0 aliphatic heterocycles. The third-order valence-corrected chi connectivity index (χ3v) is 5.50. The molecule has 2 rings (SSSR count). The van der Waals surface area contributed by atoms with Gasteiger partial charge in [-0.15, -0.1) is 0 Å². The number of amides is 1. The van der Waals surface area contributed by atoms with Gasteiger partial charge in [0.15, 0.2) is 0 Å². The van der Waals surface area contributed by atoms with Crippen molar-refractivity contribution in [2.24, 2.45) is 5.92 Å². The number of hydrogen-bond acceptors (Lipinski definition) is 3. The Hall–Kier alpha value is -2.18. The lowest BCUT2D eigenvalue weighted by Crippen LogP contribution is -2.26. The van der Waals surface area contributed by atoms with Crippen LogP contribution in [0.15, 0.2) is 53.4 Å². The minimum absolute atomic E-state index is 0.162. The van der Waals surface area contributed by atoms with Gasteiger partial charge in [0.2, 0.25) is 15.9 Å².